The molecule has 1 amide bonds. The van der Waals surface area contributed by atoms with Gasteiger partial charge in [-0.2, -0.15) is 0 Å². The fraction of sp³-hybridized carbons (Fsp3) is 0.214. The fourth-order valence-electron chi connectivity index (χ4n) is 4.60. The van der Waals surface area contributed by atoms with Crippen LogP contribution in [0, 0.1) is 5.92 Å². The minimum atomic E-state index is -1.50. The maximum absolute atomic E-state index is 13.0. The lowest BCUT2D eigenvalue weighted by molar-refractivity contribution is 0.0422. The summed E-state index contributed by atoms with van der Waals surface area (Å²) in [5.41, 5.74) is -1.75. The van der Waals surface area contributed by atoms with Gasteiger partial charge in [-0.1, -0.05) is 12.5 Å². The van der Waals surface area contributed by atoms with Gasteiger partial charge in [0, 0.05) is 17.5 Å². The summed E-state index contributed by atoms with van der Waals surface area (Å²) in [6.07, 6.45) is 2.16. The number of esters is 1. The van der Waals surface area contributed by atoms with Gasteiger partial charge in [0.25, 0.3) is 5.91 Å². The van der Waals surface area contributed by atoms with Crippen molar-refractivity contribution >= 4 is 23.6 Å². The van der Waals surface area contributed by atoms with E-state index in [0.29, 0.717) is 18.4 Å². The third-order valence-corrected chi connectivity index (χ3v) is 6.59. The van der Waals surface area contributed by atoms with Crippen molar-refractivity contribution in [3.05, 3.63) is 82.4 Å². The van der Waals surface area contributed by atoms with Crippen molar-refractivity contribution in [2.24, 2.45) is 5.92 Å². The lowest BCUT2D eigenvalue weighted by atomic mass is 9.95. The van der Waals surface area contributed by atoms with Gasteiger partial charge in [0.05, 0.1) is 23.3 Å². The first kappa shape index (κ1) is 27.0. The zero-order valence-corrected chi connectivity index (χ0v) is 20.5. The van der Waals surface area contributed by atoms with Gasteiger partial charge in [-0.15, -0.1) is 0 Å². The molecule has 1 fully saturated rings. The van der Waals surface area contributed by atoms with Crippen LogP contribution in [0.25, 0.3) is 0 Å². The Morgan fingerprint density at radius 3 is 2.13 bits per heavy atom. The van der Waals surface area contributed by atoms with Crippen molar-refractivity contribution in [1.82, 2.24) is 5.32 Å². The first-order valence-corrected chi connectivity index (χ1v) is 12.0. The first-order chi connectivity index (χ1) is 18.6. The van der Waals surface area contributed by atoms with E-state index in [1.807, 2.05) is 0 Å². The molecule has 2 unspecified atom stereocenters. The Morgan fingerprint density at radius 2 is 1.49 bits per heavy atom. The normalized spacial score (nSPS) is 16.4. The summed E-state index contributed by atoms with van der Waals surface area (Å²) in [6, 6.07) is 10.7. The summed E-state index contributed by atoms with van der Waals surface area (Å²) in [5.74, 6) is -6.32. The van der Waals surface area contributed by atoms with E-state index in [-0.39, 0.29) is 35.8 Å². The predicted octanol–water partition coefficient (Wildman–Crippen LogP) is 3.19. The number of ether oxygens (including phenoxy) is 1. The van der Waals surface area contributed by atoms with Gasteiger partial charge in [0.1, 0.15) is 28.6 Å². The molecule has 11 nitrogen and oxygen atoms in total. The van der Waals surface area contributed by atoms with Gasteiger partial charge in [-0.3, -0.25) is 9.59 Å². The summed E-state index contributed by atoms with van der Waals surface area (Å²) in [7, 11) is 0. The molecule has 1 saturated carbocycles. The van der Waals surface area contributed by atoms with Gasteiger partial charge < -0.3 is 35.6 Å². The molecule has 2 atom stereocenters. The van der Waals surface area contributed by atoms with Crippen LogP contribution in [0.5, 0.6) is 23.0 Å². The summed E-state index contributed by atoms with van der Waals surface area (Å²) in [6.45, 7) is -0.0541. The second-order valence-electron chi connectivity index (χ2n) is 9.14. The molecule has 0 heterocycles. The molecule has 0 bridgehead atoms. The summed E-state index contributed by atoms with van der Waals surface area (Å²) in [4.78, 5) is 49.6. The number of carbonyl (C=O) groups is 4. The highest BCUT2D eigenvalue weighted by molar-refractivity contribution is 6.18. The maximum atomic E-state index is 13.0. The quantitative estimate of drug-likeness (QED) is 0.184. The number of hydrogen-bond donors (Lipinski definition) is 6. The molecule has 0 saturated heterocycles. The SMILES string of the molecule is O=C(NC1CCCC1COC(=O)c1cc(O)c(C(=O)c2c(O)cccc2C(=O)O)c(O)c1)c1ccc(O)cc1. The molecular weight excluding hydrogens is 510 g/mol. The number of amides is 1. The molecule has 11 heteroatoms. The van der Waals surface area contributed by atoms with Crippen LogP contribution < -0.4 is 5.32 Å². The van der Waals surface area contributed by atoms with E-state index in [0.717, 1.165) is 30.7 Å². The molecule has 0 spiro atoms. The van der Waals surface area contributed by atoms with Gasteiger partial charge >= 0.3 is 11.9 Å². The van der Waals surface area contributed by atoms with Crippen molar-refractivity contribution in [3.63, 3.8) is 0 Å². The highest BCUT2D eigenvalue weighted by atomic mass is 16.5. The number of phenolic OH excluding ortho intramolecular Hbond substituents is 4. The number of carboxylic acid groups (broad SMARTS) is 1. The molecule has 4 rings (SSSR count). The lowest BCUT2D eigenvalue weighted by Crippen LogP contribution is -2.39. The molecular formula is C28H25NO10. The standard InChI is InChI=1S/C28H25NO10/c30-17-9-7-14(8-10-17)26(35)29-19-5-1-3-15(19)13-39-28(38)16-11-21(32)24(22(33)12-16)25(34)23-18(27(36)37)4-2-6-20(23)31/h2,4,6-12,15,19,30-33H,1,3,5,13H2,(H,29,35)(H,36,37). The second kappa shape index (κ2) is 11.1. The molecule has 1 aliphatic carbocycles. The number of benzene rings is 3. The van der Waals surface area contributed by atoms with E-state index in [4.69, 9.17) is 4.74 Å². The van der Waals surface area contributed by atoms with Crippen LogP contribution in [-0.4, -0.2) is 61.8 Å². The van der Waals surface area contributed by atoms with Gasteiger partial charge in [-0.25, -0.2) is 9.59 Å². The Morgan fingerprint density at radius 1 is 0.821 bits per heavy atom. The molecule has 0 aromatic heterocycles. The number of carbonyl (C=O) groups excluding carboxylic acids is 3. The smallest absolute Gasteiger partial charge is 0.338 e. The number of ketones is 1. The van der Waals surface area contributed by atoms with Crippen LogP contribution >= 0.6 is 0 Å². The van der Waals surface area contributed by atoms with E-state index in [9.17, 15) is 44.7 Å². The number of nitrogens with one attached hydrogen (secondary N) is 1. The molecule has 3 aromatic rings. The molecule has 3 aromatic carbocycles. The number of rotatable bonds is 8. The molecule has 1 aliphatic rings. The monoisotopic (exact) mass is 535 g/mol. The Bertz CT molecular complexity index is 1420. The van der Waals surface area contributed by atoms with Gasteiger partial charge in [-0.05, 0) is 61.4 Å². The van der Waals surface area contributed by atoms with E-state index in [1.165, 1.54) is 30.3 Å². The van der Waals surface area contributed by atoms with Crippen molar-refractivity contribution in [1.29, 1.82) is 0 Å². The number of hydrogen-bond acceptors (Lipinski definition) is 9. The summed E-state index contributed by atoms with van der Waals surface area (Å²) < 4.78 is 5.36. The third kappa shape index (κ3) is 5.77. The van der Waals surface area contributed by atoms with Crippen molar-refractivity contribution in [3.8, 4) is 23.0 Å². The van der Waals surface area contributed by atoms with Crippen LogP contribution in [0.2, 0.25) is 0 Å². The molecule has 0 aliphatic heterocycles. The van der Waals surface area contributed by atoms with Crippen molar-refractivity contribution in [2.75, 3.05) is 6.61 Å². The Hall–Kier alpha value is -5.06. The second-order valence-corrected chi connectivity index (χ2v) is 9.14. The van der Waals surface area contributed by atoms with E-state index in [1.54, 1.807) is 0 Å². The fourth-order valence-corrected chi connectivity index (χ4v) is 4.60. The number of aromatic carboxylic acids is 1. The maximum Gasteiger partial charge on any atom is 0.338 e. The molecule has 202 valence electrons. The van der Waals surface area contributed by atoms with Crippen LogP contribution in [0.1, 0.15) is 66.3 Å². The zero-order valence-electron chi connectivity index (χ0n) is 20.5. The minimum Gasteiger partial charge on any atom is -0.508 e. The largest absolute Gasteiger partial charge is 0.508 e. The number of aromatic hydroxyl groups is 4. The third-order valence-electron chi connectivity index (χ3n) is 6.59. The van der Waals surface area contributed by atoms with E-state index in [2.05, 4.69) is 5.32 Å². The van der Waals surface area contributed by atoms with E-state index < -0.39 is 51.7 Å². The molecule has 6 N–H and O–H groups in total. The molecule has 0 radical (unpaired) electrons. The van der Waals surface area contributed by atoms with Crippen LogP contribution in [0.15, 0.2) is 54.6 Å². The van der Waals surface area contributed by atoms with Gasteiger partial charge in [0.2, 0.25) is 5.78 Å². The zero-order chi connectivity index (χ0) is 28.3. The van der Waals surface area contributed by atoms with Crippen molar-refractivity contribution in [2.45, 2.75) is 25.3 Å². The first-order valence-electron chi connectivity index (χ1n) is 12.0. The molecule has 39 heavy (non-hydrogen) atoms. The average molecular weight is 536 g/mol. The van der Waals surface area contributed by atoms with Crippen LogP contribution in [0.4, 0.5) is 0 Å². The Balaban J connectivity index is 1.45. The van der Waals surface area contributed by atoms with Crippen molar-refractivity contribution < 1.29 is 49.4 Å². The summed E-state index contributed by atoms with van der Waals surface area (Å²) >= 11 is 0. The minimum absolute atomic E-state index is 0.0369. The van der Waals surface area contributed by atoms with Crippen LogP contribution in [-0.2, 0) is 4.74 Å². The van der Waals surface area contributed by atoms with Gasteiger partial charge in [0.15, 0.2) is 0 Å². The Kier molecular flexibility index (Phi) is 7.70. The number of phenols is 4. The highest BCUT2D eigenvalue weighted by Gasteiger charge is 2.31. The Labute approximate surface area is 221 Å². The highest BCUT2D eigenvalue weighted by Crippen LogP contribution is 2.35. The van der Waals surface area contributed by atoms with E-state index >= 15 is 0 Å². The summed E-state index contributed by atoms with van der Waals surface area (Å²) in [5, 5.41) is 52.6. The number of carboxylic acids is 1. The van der Waals surface area contributed by atoms with Crippen LogP contribution in [0.3, 0.4) is 0 Å². The predicted molar refractivity (Wildman–Crippen MR) is 135 cm³/mol. The average Bonchev–Trinajstić information content (AvgIpc) is 3.33. The topological polar surface area (TPSA) is 191 Å². The lowest BCUT2D eigenvalue weighted by Gasteiger charge is -2.21.